The molecule has 0 spiro atoms. The van der Waals surface area contributed by atoms with Crippen LogP contribution in [0, 0.1) is 5.92 Å². The van der Waals surface area contributed by atoms with E-state index in [-0.39, 0.29) is 24.3 Å². The second kappa shape index (κ2) is 7.50. The summed E-state index contributed by atoms with van der Waals surface area (Å²) < 4.78 is 47.7. The molecule has 0 saturated heterocycles. The fraction of sp³-hybridized carbons (Fsp3) is 0.462. The summed E-state index contributed by atoms with van der Waals surface area (Å²) >= 11 is 0. The number of nitrogens with one attached hydrogen (secondary N) is 2. The number of benzene rings is 1. The lowest BCUT2D eigenvalue weighted by atomic mass is 10.1. The zero-order chi connectivity index (χ0) is 16.9. The molecule has 0 aromatic heterocycles. The molecule has 6 nitrogen and oxygen atoms in total. The van der Waals surface area contributed by atoms with E-state index in [1.54, 1.807) is 13.8 Å². The van der Waals surface area contributed by atoms with Gasteiger partial charge < -0.3 is 15.7 Å². The SMILES string of the molecule is C[C@H](CO)[C@@H](C)NC(=O)Nc1cccc(S(=O)(=O)C(F)F)c1. The van der Waals surface area contributed by atoms with Crippen LogP contribution in [0.4, 0.5) is 19.3 Å². The molecule has 0 bridgehead atoms. The van der Waals surface area contributed by atoms with Gasteiger partial charge in [-0.1, -0.05) is 13.0 Å². The molecule has 1 aromatic rings. The highest BCUT2D eigenvalue weighted by atomic mass is 32.2. The molecule has 0 radical (unpaired) electrons. The summed E-state index contributed by atoms with van der Waals surface area (Å²) in [6.07, 6.45) is 0. The summed E-state index contributed by atoms with van der Waals surface area (Å²) in [6.45, 7) is 3.32. The molecular weight excluding hydrogens is 318 g/mol. The van der Waals surface area contributed by atoms with Gasteiger partial charge in [0.15, 0.2) is 0 Å². The zero-order valence-corrected chi connectivity index (χ0v) is 12.9. The van der Waals surface area contributed by atoms with E-state index in [1.807, 2.05) is 0 Å². The highest BCUT2D eigenvalue weighted by Gasteiger charge is 2.26. The van der Waals surface area contributed by atoms with Crippen molar-refractivity contribution >= 4 is 21.6 Å². The van der Waals surface area contributed by atoms with Crippen molar-refractivity contribution in [3.05, 3.63) is 24.3 Å². The summed E-state index contributed by atoms with van der Waals surface area (Å²) in [4.78, 5) is 11.2. The zero-order valence-electron chi connectivity index (χ0n) is 12.1. The van der Waals surface area contributed by atoms with Crippen LogP contribution in [-0.2, 0) is 9.84 Å². The lowest BCUT2D eigenvalue weighted by molar-refractivity contribution is 0.204. The van der Waals surface area contributed by atoms with Gasteiger partial charge in [0, 0.05) is 18.3 Å². The molecule has 0 fully saturated rings. The first-order chi connectivity index (χ1) is 10.2. The maximum absolute atomic E-state index is 12.5. The highest BCUT2D eigenvalue weighted by molar-refractivity contribution is 7.91. The predicted octanol–water partition coefficient (Wildman–Crippen LogP) is 1.82. The number of hydrogen-bond acceptors (Lipinski definition) is 4. The van der Waals surface area contributed by atoms with E-state index in [0.717, 1.165) is 12.1 Å². The van der Waals surface area contributed by atoms with Gasteiger partial charge in [-0.05, 0) is 31.0 Å². The Labute approximate surface area is 127 Å². The van der Waals surface area contributed by atoms with Crippen LogP contribution in [0.2, 0.25) is 0 Å². The quantitative estimate of drug-likeness (QED) is 0.738. The number of alkyl halides is 2. The molecule has 1 rings (SSSR count). The Hall–Kier alpha value is -1.74. The minimum absolute atomic E-state index is 0.0723. The fourth-order valence-electron chi connectivity index (χ4n) is 1.53. The third-order valence-corrected chi connectivity index (χ3v) is 4.54. The van der Waals surface area contributed by atoms with E-state index in [2.05, 4.69) is 10.6 Å². The van der Waals surface area contributed by atoms with Crippen molar-refractivity contribution in [3.8, 4) is 0 Å². The maximum Gasteiger partial charge on any atom is 0.341 e. The number of hydrogen-bond donors (Lipinski definition) is 3. The molecule has 1 aromatic carbocycles. The average Bonchev–Trinajstić information content (AvgIpc) is 2.46. The van der Waals surface area contributed by atoms with Gasteiger partial charge in [-0.2, -0.15) is 8.78 Å². The highest BCUT2D eigenvalue weighted by Crippen LogP contribution is 2.21. The van der Waals surface area contributed by atoms with E-state index < -0.39 is 26.5 Å². The van der Waals surface area contributed by atoms with E-state index in [4.69, 9.17) is 5.11 Å². The van der Waals surface area contributed by atoms with Gasteiger partial charge in [-0.25, -0.2) is 13.2 Å². The van der Waals surface area contributed by atoms with Crippen molar-refractivity contribution in [1.82, 2.24) is 5.32 Å². The monoisotopic (exact) mass is 336 g/mol. The number of anilines is 1. The number of sulfone groups is 1. The molecule has 2 atom stereocenters. The van der Waals surface area contributed by atoms with Crippen molar-refractivity contribution in [2.75, 3.05) is 11.9 Å². The Morgan fingerprint density at radius 1 is 1.32 bits per heavy atom. The summed E-state index contributed by atoms with van der Waals surface area (Å²) in [5.74, 6) is -3.70. The summed E-state index contributed by atoms with van der Waals surface area (Å²) in [6, 6.07) is 3.68. The third kappa shape index (κ3) is 4.63. The van der Waals surface area contributed by atoms with Crippen LogP contribution in [-0.4, -0.2) is 38.0 Å². The van der Waals surface area contributed by atoms with Gasteiger partial charge in [0.1, 0.15) is 0 Å². The molecule has 0 saturated carbocycles. The molecule has 124 valence electrons. The molecule has 2 amide bonds. The van der Waals surface area contributed by atoms with Gasteiger partial charge in [0.25, 0.3) is 0 Å². The third-order valence-electron chi connectivity index (χ3n) is 3.16. The molecular formula is C13H18F2N2O4S. The molecule has 0 unspecified atom stereocenters. The van der Waals surface area contributed by atoms with Crippen molar-refractivity contribution in [3.63, 3.8) is 0 Å². The predicted molar refractivity (Wildman–Crippen MR) is 77.5 cm³/mol. The molecule has 3 N–H and O–H groups in total. The number of amides is 2. The van der Waals surface area contributed by atoms with Crippen molar-refractivity contribution in [2.45, 2.75) is 30.5 Å². The van der Waals surface area contributed by atoms with Crippen molar-refractivity contribution < 1.29 is 27.1 Å². The first-order valence-electron chi connectivity index (χ1n) is 6.49. The van der Waals surface area contributed by atoms with Crippen molar-refractivity contribution in [2.24, 2.45) is 5.92 Å². The van der Waals surface area contributed by atoms with Gasteiger partial charge in [-0.15, -0.1) is 0 Å². The van der Waals surface area contributed by atoms with Gasteiger partial charge in [-0.3, -0.25) is 0 Å². The molecule has 9 heteroatoms. The van der Waals surface area contributed by atoms with E-state index in [0.29, 0.717) is 0 Å². The number of carbonyl (C=O) groups excluding carboxylic acids is 1. The number of aliphatic hydroxyl groups is 1. The van der Waals surface area contributed by atoms with Gasteiger partial charge in [0.05, 0.1) is 4.90 Å². The van der Waals surface area contributed by atoms with Crippen LogP contribution in [0.3, 0.4) is 0 Å². The second-order valence-electron chi connectivity index (χ2n) is 4.88. The van der Waals surface area contributed by atoms with Crippen LogP contribution in [0.5, 0.6) is 0 Å². The summed E-state index contributed by atoms with van der Waals surface area (Å²) in [5.41, 5.74) is 0.0723. The Kier molecular flexibility index (Phi) is 6.24. The number of urea groups is 1. The number of aliphatic hydroxyl groups excluding tert-OH is 1. The van der Waals surface area contributed by atoms with Gasteiger partial charge in [0.2, 0.25) is 9.84 Å². The number of halogens is 2. The van der Waals surface area contributed by atoms with E-state index >= 15 is 0 Å². The number of carbonyl (C=O) groups is 1. The van der Waals surface area contributed by atoms with E-state index in [1.165, 1.54) is 12.1 Å². The van der Waals surface area contributed by atoms with Crippen molar-refractivity contribution in [1.29, 1.82) is 0 Å². The Balaban J connectivity index is 2.82. The Bertz CT molecular complexity index is 622. The molecule has 0 aliphatic carbocycles. The Morgan fingerprint density at radius 2 is 1.95 bits per heavy atom. The van der Waals surface area contributed by atoms with Gasteiger partial charge >= 0.3 is 11.8 Å². The molecule has 22 heavy (non-hydrogen) atoms. The topological polar surface area (TPSA) is 95.5 Å². The summed E-state index contributed by atoms with van der Waals surface area (Å²) in [7, 11) is -4.71. The lowest BCUT2D eigenvalue weighted by Crippen LogP contribution is -2.40. The molecule has 0 heterocycles. The van der Waals surface area contributed by atoms with Crippen LogP contribution >= 0.6 is 0 Å². The maximum atomic E-state index is 12.5. The standard InChI is InChI=1S/C13H18F2N2O4S/c1-8(7-18)9(2)16-13(19)17-10-4-3-5-11(6-10)22(20,21)12(14)15/h3-6,8-9,12,18H,7H2,1-2H3,(H2,16,17,19)/t8-,9-/m1/s1. The fourth-order valence-corrected chi connectivity index (χ4v) is 2.29. The second-order valence-corrected chi connectivity index (χ2v) is 6.80. The van der Waals surface area contributed by atoms with Crippen LogP contribution in [0.25, 0.3) is 0 Å². The lowest BCUT2D eigenvalue weighted by Gasteiger charge is -2.19. The van der Waals surface area contributed by atoms with Crippen LogP contribution < -0.4 is 10.6 Å². The normalized spacial score (nSPS) is 14.5. The average molecular weight is 336 g/mol. The minimum Gasteiger partial charge on any atom is -0.396 e. The van der Waals surface area contributed by atoms with Crippen LogP contribution in [0.15, 0.2) is 29.2 Å². The van der Waals surface area contributed by atoms with Crippen LogP contribution in [0.1, 0.15) is 13.8 Å². The number of rotatable bonds is 6. The molecule has 0 aliphatic rings. The summed E-state index contributed by atoms with van der Waals surface area (Å²) in [5, 5.41) is 13.9. The smallest absolute Gasteiger partial charge is 0.341 e. The molecule has 0 aliphatic heterocycles. The minimum atomic E-state index is -4.71. The first kappa shape index (κ1) is 18.3. The van der Waals surface area contributed by atoms with E-state index in [9.17, 15) is 22.0 Å². The first-order valence-corrected chi connectivity index (χ1v) is 8.03. The largest absolute Gasteiger partial charge is 0.396 e. The Morgan fingerprint density at radius 3 is 2.50 bits per heavy atom.